The molecule has 10 atom stereocenters. The van der Waals surface area contributed by atoms with Crippen molar-refractivity contribution in [3.63, 3.8) is 0 Å². The average Bonchev–Trinajstić information content (AvgIpc) is 2.62. The maximum absolute atomic E-state index is 11.3. The molecular formula is C15H27NO11. The summed E-state index contributed by atoms with van der Waals surface area (Å²) >= 11 is 0. The van der Waals surface area contributed by atoms with E-state index in [2.05, 4.69) is 5.32 Å². The van der Waals surface area contributed by atoms with Gasteiger partial charge in [0.25, 0.3) is 0 Å². The first-order valence-corrected chi connectivity index (χ1v) is 8.44. The smallest absolute Gasteiger partial charge is 0.217 e. The van der Waals surface area contributed by atoms with Crippen molar-refractivity contribution in [2.45, 2.75) is 74.7 Å². The highest BCUT2D eigenvalue weighted by atomic mass is 16.7. The summed E-state index contributed by atoms with van der Waals surface area (Å²) in [6, 6.07) is -1.32. The molecule has 1 amide bonds. The maximum atomic E-state index is 11.3. The van der Waals surface area contributed by atoms with Crippen molar-refractivity contribution in [1.82, 2.24) is 5.32 Å². The summed E-state index contributed by atoms with van der Waals surface area (Å²) in [7, 11) is 0. The molecule has 27 heavy (non-hydrogen) atoms. The number of amides is 1. The van der Waals surface area contributed by atoms with Crippen molar-refractivity contribution in [3.8, 4) is 0 Å². The maximum Gasteiger partial charge on any atom is 0.217 e. The summed E-state index contributed by atoms with van der Waals surface area (Å²) in [4.78, 5) is 11.3. The molecular weight excluding hydrogens is 370 g/mol. The van der Waals surface area contributed by atoms with Gasteiger partial charge in [-0.15, -0.1) is 0 Å². The minimum Gasteiger partial charge on any atom is -0.394 e. The minimum atomic E-state index is -1.81. The molecule has 0 aromatic heterocycles. The summed E-state index contributed by atoms with van der Waals surface area (Å²) in [6.45, 7) is 1.07. The molecule has 0 saturated carbocycles. The quantitative estimate of drug-likeness (QED) is 0.221. The van der Waals surface area contributed by atoms with Crippen molar-refractivity contribution in [2.75, 3.05) is 13.2 Å². The first kappa shape index (κ1) is 22.4. The summed E-state index contributed by atoms with van der Waals surface area (Å²) in [5.74, 6) is -0.570. The molecule has 0 bridgehead atoms. The van der Waals surface area contributed by atoms with Gasteiger partial charge in [-0.05, 0) is 6.92 Å². The second-order valence-corrected chi connectivity index (χ2v) is 6.87. The van der Waals surface area contributed by atoms with Crippen LogP contribution in [0.25, 0.3) is 0 Å². The number of hydrogen-bond donors (Lipinski definition) is 8. The Morgan fingerprint density at radius 1 is 1.04 bits per heavy atom. The molecule has 2 aliphatic heterocycles. The third-order valence-corrected chi connectivity index (χ3v) is 4.93. The van der Waals surface area contributed by atoms with Crippen LogP contribution in [0.15, 0.2) is 0 Å². The molecule has 0 aliphatic carbocycles. The molecule has 2 aliphatic rings. The van der Waals surface area contributed by atoms with Crippen LogP contribution in [-0.2, 0) is 19.0 Å². The number of hydrogen-bond acceptors (Lipinski definition) is 11. The Hall–Kier alpha value is -0.930. The Kier molecular flexibility index (Phi) is 7.13. The van der Waals surface area contributed by atoms with E-state index in [9.17, 15) is 40.5 Å². The van der Waals surface area contributed by atoms with E-state index in [1.807, 2.05) is 0 Å². The van der Waals surface area contributed by atoms with Crippen molar-refractivity contribution < 1.29 is 54.8 Å². The molecule has 2 heterocycles. The Labute approximate surface area is 154 Å². The van der Waals surface area contributed by atoms with E-state index in [0.717, 1.165) is 6.92 Å². The fraction of sp³-hybridized carbons (Fsp3) is 0.933. The zero-order valence-corrected chi connectivity index (χ0v) is 14.9. The third kappa shape index (κ3) is 4.24. The minimum absolute atomic E-state index is 0.570. The van der Waals surface area contributed by atoms with Gasteiger partial charge in [0.15, 0.2) is 12.6 Å². The highest BCUT2D eigenvalue weighted by Gasteiger charge is 2.57. The molecule has 0 radical (unpaired) electrons. The van der Waals surface area contributed by atoms with Crippen molar-refractivity contribution in [1.29, 1.82) is 0 Å². The normalized spacial score (nSPS) is 48.3. The van der Waals surface area contributed by atoms with Crippen molar-refractivity contribution >= 4 is 5.91 Å². The molecule has 2 rings (SSSR count). The van der Waals surface area contributed by atoms with Crippen LogP contribution < -0.4 is 5.32 Å². The largest absolute Gasteiger partial charge is 0.394 e. The number of aliphatic hydroxyl groups is 7. The van der Waals surface area contributed by atoms with Gasteiger partial charge >= 0.3 is 0 Å². The fourth-order valence-electron chi connectivity index (χ4n) is 3.26. The second kappa shape index (κ2) is 8.61. The summed E-state index contributed by atoms with van der Waals surface area (Å²) < 4.78 is 16.1. The van der Waals surface area contributed by atoms with E-state index in [1.165, 1.54) is 6.92 Å². The molecule has 8 N–H and O–H groups in total. The van der Waals surface area contributed by atoms with Crippen LogP contribution in [0, 0.1) is 0 Å². The lowest BCUT2D eigenvalue weighted by atomic mass is 9.84. The number of rotatable bonds is 5. The van der Waals surface area contributed by atoms with Gasteiger partial charge in [-0.1, -0.05) is 0 Å². The van der Waals surface area contributed by atoms with Gasteiger partial charge in [0.05, 0.1) is 13.2 Å². The van der Waals surface area contributed by atoms with E-state index in [4.69, 9.17) is 14.2 Å². The van der Waals surface area contributed by atoms with Gasteiger partial charge in [-0.3, -0.25) is 4.79 Å². The lowest BCUT2D eigenvalue weighted by Crippen LogP contribution is -2.72. The molecule has 0 spiro atoms. The molecule has 2 saturated heterocycles. The van der Waals surface area contributed by atoms with Crippen molar-refractivity contribution in [3.05, 3.63) is 0 Å². The predicted molar refractivity (Wildman–Crippen MR) is 84.8 cm³/mol. The zero-order chi connectivity index (χ0) is 20.5. The predicted octanol–water partition coefficient (Wildman–Crippen LogP) is -4.86. The zero-order valence-electron chi connectivity index (χ0n) is 14.9. The number of carbonyl (C=O) groups is 1. The number of ether oxygens (including phenoxy) is 3. The van der Waals surface area contributed by atoms with Crippen LogP contribution in [0.5, 0.6) is 0 Å². The van der Waals surface area contributed by atoms with Crippen molar-refractivity contribution in [2.24, 2.45) is 0 Å². The van der Waals surface area contributed by atoms with Gasteiger partial charge in [-0.25, -0.2) is 0 Å². The molecule has 0 aromatic rings. The number of carbonyl (C=O) groups excluding carboxylic acids is 1. The molecule has 2 fully saturated rings. The van der Waals surface area contributed by atoms with Gasteiger partial charge in [-0.2, -0.15) is 0 Å². The first-order chi connectivity index (χ1) is 12.6. The van der Waals surface area contributed by atoms with E-state index in [0.29, 0.717) is 0 Å². The number of nitrogens with one attached hydrogen (secondary N) is 1. The summed E-state index contributed by atoms with van der Waals surface area (Å²) in [6.07, 6.45) is -12.5. The molecule has 12 heteroatoms. The molecule has 158 valence electrons. The first-order valence-electron chi connectivity index (χ1n) is 8.44. The van der Waals surface area contributed by atoms with Crippen LogP contribution >= 0.6 is 0 Å². The second-order valence-electron chi connectivity index (χ2n) is 6.87. The summed E-state index contributed by atoms with van der Waals surface area (Å²) in [5.41, 5.74) is -1.81. The molecule has 10 unspecified atom stereocenters. The highest BCUT2D eigenvalue weighted by molar-refractivity contribution is 5.73. The lowest BCUT2D eigenvalue weighted by Gasteiger charge is -2.51. The summed E-state index contributed by atoms with van der Waals surface area (Å²) in [5, 5.41) is 71.6. The van der Waals surface area contributed by atoms with Crippen LogP contribution in [-0.4, -0.2) is 116 Å². The van der Waals surface area contributed by atoms with E-state index in [1.54, 1.807) is 0 Å². The molecule has 0 aromatic carbocycles. The Morgan fingerprint density at radius 3 is 2.19 bits per heavy atom. The topological polar surface area (TPSA) is 198 Å². The average molecular weight is 397 g/mol. The standard InChI is InChI=1S/C15H27NO11/c1-5(19)16-8-12(23)15(2,7(4-18)26-13(8)24)27-14-11(22)10(21)9(20)6(3-17)25-14/h6-14,17-18,20-24H,3-4H2,1-2H3,(H,16,19). The lowest BCUT2D eigenvalue weighted by molar-refractivity contribution is -0.372. The van der Waals surface area contributed by atoms with E-state index < -0.39 is 80.0 Å². The SMILES string of the molecule is CC(=O)NC1C(O)OC(CO)C(C)(OC2OC(CO)C(O)C(O)C2O)C1O. The fourth-order valence-corrected chi connectivity index (χ4v) is 3.26. The van der Waals surface area contributed by atoms with Crippen LogP contribution in [0.1, 0.15) is 13.8 Å². The van der Waals surface area contributed by atoms with Gasteiger partial charge in [0.2, 0.25) is 5.91 Å². The van der Waals surface area contributed by atoms with E-state index >= 15 is 0 Å². The Bertz CT molecular complexity index is 520. The van der Waals surface area contributed by atoms with Gasteiger partial charge < -0.3 is 55.3 Å². The van der Waals surface area contributed by atoms with E-state index in [-0.39, 0.29) is 0 Å². The van der Waals surface area contributed by atoms with Crippen LogP contribution in [0.2, 0.25) is 0 Å². The molecule has 12 nitrogen and oxygen atoms in total. The van der Waals surface area contributed by atoms with Gasteiger partial charge in [0.1, 0.15) is 48.3 Å². The Morgan fingerprint density at radius 2 is 1.67 bits per heavy atom. The monoisotopic (exact) mass is 397 g/mol. The van der Waals surface area contributed by atoms with Crippen LogP contribution in [0.3, 0.4) is 0 Å². The highest BCUT2D eigenvalue weighted by Crippen LogP contribution is 2.36. The third-order valence-electron chi connectivity index (χ3n) is 4.93. The number of aliphatic hydroxyl groups excluding tert-OH is 7. The van der Waals surface area contributed by atoms with Gasteiger partial charge in [0, 0.05) is 6.92 Å². The Balaban J connectivity index is 2.27. The van der Waals surface area contributed by atoms with Crippen LogP contribution in [0.4, 0.5) is 0 Å².